The molecule has 3 fully saturated rings. The lowest BCUT2D eigenvalue weighted by atomic mass is 10.0. The number of allylic oxidation sites excluding steroid dienone is 1. The van der Waals surface area contributed by atoms with Crippen molar-refractivity contribution < 1.29 is 41.2 Å². The average Bonchev–Trinajstić information content (AvgIpc) is 3.87. The Labute approximate surface area is 305 Å². The van der Waals surface area contributed by atoms with Gasteiger partial charge >= 0.3 is 0 Å². The zero-order valence-electron chi connectivity index (χ0n) is 29.5. The van der Waals surface area contributed by atoms with Crippen molar-refractivity contribution in [2.45, 2.75) is 107 Å². The minimum Gasteiger partial charge on any atom is -0.471 e. The van der Waals surface area contributed by atoms with Crippen molar-refractivity contribution in [3.8, 4) is 5.88 Å². The number of rotatable bonds is 8. The number of sulfonamides is 1. The van der Waals surface area contributed by atoms with Crippen molar-refractivity contribution in [1.82, 2.24) is 35.4 Å². The highest BCUT2D eigenvalue weighted by molar-refractivity contribution is 7.91. The molecule has 5 unspecified atom stereocenters. The van der Waals surface area contributed by atoms with Crippen LogP contribution in [0.15, 0.2) is 47.2 Å². The number of aromatic nitrogens is 3. The van der Waals surface area contributed by atoms with E-state index < -0.39 is 73.9 Å². The molecule has 5 atom stereocenters. The Balaban J connectivity index is 1.20. The lowest BCUT2D eigenvalue weighted by molar-refractivity contribution is -0.141. The van der Waals surface area contributed by atoms with Crippen LogP contribution in [0.25, 0.3) is 11.0 Å². The van der Waals surface area contributed by atoms with Crippen molar-refractivity contribution >= 4 is 44.7 Å². The molecule has 3 aromatic rings. The van der Waals surface area contributed by atoms with Crippen LogP contribution in [0.4, 0.5) is 4.39 Å². The van der Waals surface area contributed by atoms with Gasteiger partial charge in [0.15, 0.2) is 5.69 Å². The summed E-state index contributed by atoms with van der Waals surface area (Å²) < 4.78 is 52.6. The van der Waals surface area contributed by atoms with E-state index in [0.29, 0.717) is 43.3 Å². The number of benzene rings is 1. The number of amides is 4. The molecule has 0 bridgehead atoms. The molecule has 7 rings (SSSR count). The number of carbonyl (C=O) groups is 4. The summed E-state index contributed by atoms with van der Waals surface area (Å²) in [6, 6.07) is 3.20. The molecule has 2 aliphatic heterocycles. The first-order valence-corrected chi connectivity index (χ1v) is 19.5. The molecule has 0 radical (unpaired) electrons. The largest absolute Gasteiger partial charge is 0.471 e. The first kappa shape index (κ1) is 36.4. The van der Waals surface area contributed by atoms with Crippen LogP contribution in [-0.4, -0.2) is 87.1 Å². The van der Waals surface area contributed by atoms with Gasteiger partial charge in [-0.3, -0.25) is 23.9 Å². The van der Waals surface area contributed by atoms with Gasteiger partial charge in [-0.05, 0) is 64.0 Å². The van der Waals surface area contributed by atoms with E-state index in [1.807, 2.05) is 19.1 Å². The average molecular weight is 752 g/mol. The molecule has 53 heavy (non-hydrogen) atoms. The summed E-state index contributed by atoms with van der Waals surface area (Å²) >= 11 is 0. The number of hydrogen-bond donors (Lipinski definition) is 3. The van der Waals surface area contributed by atoms with Gasteiger partial charge in [0, 0.05) is 24.5 Å². The highest BCUT2D eigenvalue weighted by Gasteiger charge is 2.63. The normalized spacial score (nSPS) is 27.1. The summed E-state index contributed by atoms with van der Waals surface area (Å²) in [6.45, 7) is 3.34. The van der Waals surface area contributed by atoms with Gasteiger partial charge in [-0.2, -0.15) is 0 Å². The summed E-state index contributed by atoms with van der Waals surface area (Å²) in [5, 5.41) is 9.29. The fourth-order valence-electron chi connectivity index (χ4n) is 7.04. The Bertz CT molecular complexity index is 2070. The molecular weight excluding hydrogens is 710 g/mol. The van der Waals surface area contributed by atoms with Crippen LogP contribution in [0.2, 0.25) is 0 Å². The molecule has 2 aliphatic carbocycles. The van der Waals surface area contributed by atoms with Gasteiger partial charge in [0.2, 0.25) is 27.7 Å². The van der Waals surface area contributed by atoms with Gasteiger partial charge in [0.05, 0.1) is 22.3 Å². The van der Waals surface area contributed by atoms with E-state index in [2.05, 4.69) is 30.5 Å². The highest BCUT2D eigenvalue weighted by Crippen LogP contribution is 2.47. The Morgan fingerprint density at radius 2 is 1.94 bits per heavy atom. The molecule has 4 aliphatic rings. The van der Waals surface area contributed by atoms with Crippen LogP contribution >= 0.6 is 0 Å². The number of carbonyl (C=O) groups excluding carboxylic acids is 4. The van der Waals surface area contributed by atoms with Gasteiger partial charge in [-0.15, -0.1) is 0 Å². The van der Waals surface area contributed by atoms with E-state index in [-0.39, 0.29) is 42.9 Å². The third kappa shape index (κ3) is 7.35. The van der Waals surface area contributed by atoms with Gasteiger partial charge in [0.1, 0.15) is 41.5 Å². The van der Waals surface area contributed by atoms with Crippen LogP contribution in [-0.2, 0) is 30.8 Å². The van der Waals surface area contributed by atoms with Gasteiger partial charge in [0.25, 0.3) is 11.8 Å². The minimum atomic E-state index is -4.01. The van der Waals surface area contributed by atoms with Crippen LogP contribution in [0.5, 0.6) is 5.88 Å². The van der Waals surface area contributed by atoms with E-state index in [9.17, 15) is 32.0 Å². The molecule has 282 valence electrons. The Hall–Kier alpha value is -4.93. The second-order valence-corrected chi connectivity index (χ2v) is 16.8. The fraction of sp³-hybridized carbons (Fsp3) is 0.528. The van der Waals surface area contributed by atoms with E-state index in [1.54, 1.807) is 6.92 Å². The molecule has 2 saturated carbocycles. The maximum Gasteiger partial charge on any atom is 0.274 e. The number of ether oxygens (including phenoxy) is 1. The Morgan fingerprint density at radius 1 is 1.13 bits per heavy atom. The first-order valence-electron chi connectivity index (χ1n) is 18.0. The third-order valence-electron chi connectivity index (χ3n) is 10.7. The lowest BCUT2D eigenvalue weighted by Gasteiger charge is -2.30. The van der Waals surface area contributed by atoms with Crippen LogP contribution in [0.3, 0.4) is 0 Å². The second-order valence-electron chi connectivity index (χ2n) is 14.6. The predicted molar refractivity (Wildman–Crippen MR) is 187 cm³/mol. The summed E-state index contributed by atoms with van der Waals surface area (Å²) in [7, 11) is -4.01. The number of halogens is 1. The summed E-state index contributed by atoms with van der Waals surface area (Å²) in [5.41, 5.74) is -0.328. The minimum absolute atomic E-state index is 0.0168. The number of fused-ring (bicyclic) bond motifs is 3. The SMILES string of the molecule is CCc1nc2ccc(F)cc2nc1OC1CC2C(=O)NC3(C(=O)NS(=O)(=O)C4(C)CC4)CC3C=CCCCCCC(NC(=O)c3ccon3)C(=O)N2C1. The fourth-order valence-corrected chi connectivity index (χ4v) is 8.35. The standard InChI is InChI=1S/C36H42FN7O8S/c1-3-24-32(40-28-17-22(37)11-12-25(28)38-24)52-23-18-29-31(46)41-36(34(48)43-53(49,50)35(2)14-15-35)19-21(36)9-7-5-4-6-8-10-27(33(47)44(29)20-23)39-30(45)26-13-16-51-42-26/h7,9,11-13,16-17,21,23,27,29H,3-6,8,10,14-15,18-20H2,1-2H3,(H,39,45)(H,41,46)(H,43,48). The summed E-state index contributed by atoms with van der Waals surface area (Å²) in [4.78, 5) is 66.1. The Morgan fingerprint density at radius 3 is 2.68 bits per heavy atom. The van der Waals surface area contributed by atoms with Crippen LogP contribution in [0.1, 0.15) is 87.8 Å². The molecule has 4 heterocycles. The summed E-state index contributed by atoms with van der Waals surface area (Å²) in [5.74, 6) is -3.51. The highest BCUT2D eigenvalue weighted by atomic mass is 32.2. The van der Waals surface area contributed by atoms with E-state index in [1.165, 1.54) is 35.4 Å². The van der Waals surface area contributed by atoms with Crippen molar-refractivity contribution in [3.63, 3.8) is 0 Å². The van der Waals surface area contributed by atoms with Crippen LogP contribution < -0.4 is 20.1 Å². The van der Waals surface area contributed by atoms with E-state index in [4.69, 9.17) is 9.26 Å². The van der Waals surface area contributed by atoms with Crippen molar-refractivity contribution in [3.05, 3.63) is 59.9 Å². The molecule has 2 aromatic heterocycles. The van der Waals surface area contributed by atoms with Gasteiger partial charge in [-0.25, -0.2) is 22.8 Å². The molecule has 17 heteroatoms. The molecular formula is C36H42FN7O8S. The molecule has 1 saturated heterocycles. The zero-order valence-corrected chi connectivity index (χ0v) is 30.3. The van der Waals surface area contributed by atoms with E-state index in [0.717, 1.165) is 12.8 Å². The Kier molecular flexibility index (Phi) is 9.72. The molecule has 4 amide bonds. The van der Waals surface area contributed by atoms with Crippen molar-refractivity contribution in [2.75, 3.05) is 6.54 Å². The summed E-state index contributed by atoms with van der Waals surface area (Å²) in [6.07, 6.45) is 8.65. The molecule has 15 nitrogen and oxygen atoms in total. The molecule has 1 aromatic carbocycles. The van der Waals surface area contributed by atoms with Gasteiger partial charge < -0.3 is 24.8 Å². The van der Waals surface area contributed by atoms with Crippen molar-refractivity contribution in [2.24, 2.45) is 5.92 Å². The number of nitrogens with one attached hydrogen (secondary N) is 3. The first-order chi connectivity index (χ1) is 25.3. The quantitative estimate of drug-likeness (QED) is 0.286. The number of nitrogens with zero attached hydrogens (tertiary/aromatic N) is 4. The smallest absolute Gasteiger partial charge is 0.274 e. The van der Waals surface area contributed by atoms with Gasteiger partial charge in [-0.1, -0.05) is 37.1 Å². The third-order valence-corrected chi connectivity index (χ3v) is 12.9. The maximum atomic E-state index is 14.5. The van der Waals surface area contributed by atoms with E-state index >= 15 is 0 Å². The second kappa shape index (κ2) is 14.1. The molecule has 0 spiro atoms. The monoisotopic (exact) mass is 751 g/mol. The lowest BCUT2D eigenvalue weighted by Crippen LogP contribution is -2.58. The number of hydrogen-bond acceptors (Lipinski definition) is 11. The zero-order chi connectivity index (χ0) is 37.5. The maximum absolute atomic E-state index is 14.5. The van der Waals surface area contributed by atoms with Crippen molar-refractivity contribution in [1.29, 1.82) is 0 Å². The number of aryl methyl sites for hydroxylation is 1. The molecule has 3 N–H and O–H groups in total. The van der Waals surface area contributed by atoms with Crippen LogP contribution in [0, 0.1) is 11.7 Å². The predicted octanol–water partition coefficient (Wildman–Crippen LogP) is 2.86. The topological polar surface area (TPSA) is 203 Å².